The van der Waals surface area contributed by atoms with E-state index >= 15 is 0 Å². The lowest BCUT2D eigenvalue weighted by Gasteiger charge is -2.33. The molecule has 0 radical (unpaired) electrons. The van der Waals surface area contributed by atoms with E-state index in [-0.39, 0.29) is 28.1 Å². The topological polar surface area (TPSA) is 140 Å². The van der Waals surface area contributed by atoms with Crippen LogP contribution >= 0.6 is 11.6 Å². The summed E-state index contributed by atoms with van der Waals surface area (Å²) in [4.78, 5) is 24.0. The van der Waals surface area contributed by atoms with Crippen LogP contribution in [-0.4, -0.2) is 59.9 Å². The van der Waals surface area contributed by atoms with Crippen molar-refractivity contribution >= 4 is 46.0 Å². The van der Waals surface area contributed by atoms with Crippen molar-refractivity contribution in [2.45, 2.75) is 58.5 Å². The van der Waals surface area contributed by atoms with Gasteiger partial charge in [0.25, 0.3) is 5.91 Å². The first-order valence-electron chi connectivity index (χ1n) is 12.1. The Morgan fingerprint density at radius 3 is 2.83 bits per heavy atom. The standard InChI is InChI=1S/C24H29ClN10O/c1-24(2,3)9-14(10-26)22(36)34-8-4-5-15(12-34)28-20-18-19(25)32-33-21(18)31-23(30-20)29-16-11-27-35(13-16)17-6-7-17/h9,11,13,15,17H,4-8,12H2,1-3H3,(H3,28,29,30,31,32,33)/b14-9+. The van der Waals surface area contributed by atoms with Gasteiger partial charge in [-0.2, -0.15) is 25.4 Å². The molecule has 1 saturated heterocycles. The van der Waals surface area contributed by atoms with Crippen LogP contribution in [0.3, 0.4) is 0 Å². The van der Waals surface area contributed by atoms with Gasteiger partial charge >= 0.3 is 0 Å². The molecule has 11 nitrogen and oxygen atoms in total. The molecule has 3 aromatic heterocycles. The Balaban J connectivity index is 1.36. The maximum Gasteiger partial charge on any atom is 0.264 e. The third-order valence-electron chi connectivity index (χ3n) is 6.13. The quantitative estimate of drug-likeness (QED) is 0.332. The number of piperidine rings is 1. The Hall–Kier alpha value is -3.65. The number of halogens is 1. The zero-order chi connectivity index (χ0) is 25.4. The van der Waals surface area contributed by atoms with Crippen LogP contribution in [0.25, 0.3) is 11.0 Å². The molecular weight excluding hydrogens is 480 g/mol. The summed E-state index contributed by atoms with van der Waals surface area (Å²) in [6.07, 6.45) is 9.36. The number of anilines is 3. The van der Waals surface area contributed by atoms with Crippen LogP contribution in [0.2, 0.25) is 5.15 Å². The highest BCUT2D eigenvalue weighted by Gasteiger charge is 2.28. The number of allylic oxidation sites excluding steroid dienone is 1. The van der Waals surface area contributed by atoms with Gasteiger partial charge in [-0.25, -0.2) is 0 Å². The maximum atomic E-state index is 13.1. The van der Waals surface area contributed by atoms with Gasteiger partial charge in [-0.05, 0) is 31.1 Å². The smallest absolute Gasteiger partial charge is 0.264 e. The SMILES string of the molecule is CC(C)(C)/C=C(\C#N)C(=O)N1CCCC(Nc2nc(Nc3cnn(C4CC4)c3)nc3[nH]nc(Cl)c23)C1. The molecule has 3 N–H and O–H groups in total. The predicted octanol–water partition coefficient (Wildman–Crippen LogP) is 4.18. The second kappa shape index (κ2) is 9.43. The summed E-state index contributed by atoms with van der Waals surface area (Å²) in [5.74, 6) is 0.660. The Morgan fingerprint density at radius 1 is 1.31 bits per heavy atom. The molecule has 4 heterocycles. The zero-order valence-corrected chi connectivity index (χ0v) is 21.3. The van der Waals surface area contributed by atoms with Crippen molar-refractivity contribution in [3.05, 3.63) is 29.2 Å². The van der Waals surface area contributed by atoms with Gasteiger partial charge in [0, 0.05) is 25.3 Å². The van der Waals surface area contributed by atoms with E-state index in [1.54, 1.807) is 17.2 Å². The monoisotopic (exact) mass is 508 g/mol. The van der Waals surface area contributed by atoms with Gasteiger partial charge in [-0.3, -0.25) is 14.6 Å². The van der Waals surface area contributed by atoms with Crippen molar-refractivity contribution in [1.82, 2.24) is 34.8 Å². The van der Waals surface area contributed by atoms with Gasteiger partial charge in [0.2, 0.25) is 5.95 Å². The van der Waals surface area contributed by atoms with E-state index in [0.29, 0.717) is 41.9 Å². The molecule has 1 aliphatic carbocycles. The van der Waals surface area contributed by atoms with Crippen LogP contribution in [0, 0.1) is 16.7 Å². The van der Waals surface area contributed by atoms with E-state index in [4.69, 9.17) is 11.6 Å². The molecule has 1 amide bonds. The van der Waals surface area contributed by atoms with E-state index in [2.05, 4.69) is 42.0 Å². The summed E-state index contributed by atoms with van der Waals surface area (Å²) in [6.45, 7) is 6.95. The number of aromatic nitrogens is 6. The molecule has 1 unspecified atom stereocenters. The zero-order valence-electron chi connectivity index (χ0n) is 20.5. The van der Waals surface area contributed by atoms with E-state index in [1.807, 2.05) is 31.6 Å². The molecule has 12 heteroatoms. The minimum atomic E-state index is -0.267. The number of carbonyl (C=O) groups is 1. The summed E-state index contributed by atoms with van der Waals surface area (Å²) in [5.41, 5.74) is 1.20. The summed E-state index contributed by atoms with van der Waals surface area (Å²) in [6, 6.07) is 2.47. The fourth-order valence-electron chi connectivity index (χ4n) is 4.34. The fourth-order valence-corrected chi connectivity index (χ4v) is 4.57. The number of aromatic amines is 1. The number of rotatable bonds is 6. The molecular formula is C24H29ClN10O. The number of nitrogens with zero attached hydrogens (tertiary/aromatic N) is 7. The summed E-state index contributed by atoms with van der Waals surface area (Å²) < 4.78 is 1.95. The normalized spacial score (nSPS) is 18.8. The first-order chi connectivity index (χ1) is 17.2. The number of nitrogens with one attached hydrogen (secondary N) is 3. The first-order valence-corrected chi connectivity index (χ1v) is 12.5. The molecule has 2 aliphatic rings. The Kier molecular flexibility index (Phi) is 6.30. The number of amides is 1. The van der Waals surface area contributed by atoms with Crippen LogP contribution in [0.1, 0.15) is 52.5 Å². The van der Waals surface area contributed by atoms with E-state index < -0.39 is 0 Å². The average Bonchev–Trinajstić information content (AvgIpc) is 3.47. The van der Waals surface area contributed by atoms with Gasteiger partial charge in [-0.15, -0.1) is 0 Å². The molecule has 1 aliphatic heterocycles. The molecule has 188 valence electrons. The van der Waals surface area contributed by atoms with Gasteiger partial charge in [0.15, 0.2) is 10.8 Å². The minimum absolute atomic E-state index is 0.0770. The van der Waals surface area contributed by atoms with Crippen molar-refractivity contribution in [3.8, 4) is 6.07 Å². The summed E-state index contributed by atoms with van der Waals surface area (Å²) >= 11 is 6.35. The van der Waals surface area contributed by atoms with Crippen LogP contribution in [0.5, 0.6) is 0 Å². The van der Waals surface area contributed by atoms with Crippen LogP contribution in [0.4, 0.5) is 17.5 Å². The highest BCUT2D eigenvalue weighted by molar-refractivity contribution is 6.35. The number of carbonyl (C=O) groups excluding carboxylic acids is 1. The Morgan fingerprint density at radius 2 is 2.11 bits per heavy atom. The number of nitriles is 1. The third kappa shape index (κ3) is 5.28. The Bertz CT molecular complexity index is 1360. The van der Waals surface area contributed by atoms with Gasteiger partial charge in [0.1, 0.15) is 22.8 Å². The van der Waals surface area contributed by atoms with E-state index in [9.17, 15) is 10.1 Å². The largest absolute Gasteiger partial charge is 0.365 e. The number of hydrogen-bond acceptors (Lipinski definition) is 8. The van der Waals surface area contributed by atoms with E-state index in [1.165, 1.54) is 0 Å². The van der Waals surface area contributed by atoms with Crippen molar-refractivity contribution in [3.63, 3.8) is 0 Å². The van der Waals surface area contributed by atoms with Crippen molar-refractivity contribution in [2.24, 2.45) is 5.41 Å². The van der Waals surface area contributed by atoms with Crippen LogP contribution < -0.4 is 10.6 Å². The third-order valence-corrected chi connectivity index (χ3v) is 6.41. The number of fused-ring (bicyclic) bond motifs is 1. The highest BCUT2D eigenvalue weighted by atomic mass is 35.5. The van der Waals surface area contributed by atoms with Crippen molar-refractivity contribution in [1.29, 1.82) is 5.26 Å². The second-order valence-electron chi connectivity index (χ2n) is 10.5. The van der Waals surface area contributed by atoms with E-state index in [0.717, 1.165) is 31.4 Å². The van der Waals surface area contributed by atoms with Gasteiger partial charge in [-0.1, -0.05) is 38.4 Å². The molecule has 0 aromatic carbocycles. The number of hydrogen-bond donors (Lipinski definition) is 3. The molecule has 0 spiro atoms. The molecule has 3 aromatic rings. The van der Waals surface area contributed by atoms with Gasteiger partial charge in [0.05, 0.1) is 17.9 Å². The van der Waals surface area contributed by atoms with Crippen molar-refractivity contribution in [2.75, 3.05) is 23.7 Å². The predicted molar refractivity (Wildman–Crippen MR) is 137 cm³/mol. The highest BCUT2D eigenvalue weighted by Crippen LogP contribution is 2.35. The molecule has 1 atom stereocenters. The van der Waals surface area contributed by atoms with Crippen molar-refractivity contribution < 1.29 is 4.79 Å². The lowest BCUT2D eigenvalue weighted by Crippen LogP contribution is -2.45. The minimum Gasteiger partial charge on any atom is -0.365 e. The Labute approximate surface area is 213 Å². The number of H-pyrrole nitrogens is 1. The maximum absolute atomic E-state index is 13.1. The summed E-state index contributed by atoms with van der Waals surface area (Å²) in [7, 11) is 0. The second-order valence-corrected chi connectivity index (χ2v) is 10.8. The molecule has 36 heavy (non-hydrogen) atoms. The fraction of sp³-hybridized carbons (Fsp3) is 0.500. The molecule has 2 fully saturated rings. The average molecular weight is 509 g/mol. The van der Waals surface area contributed by atoms with Crippen LogP contribution in [-0.2, 0) is 4.79 Å². The lowest BCUT2D eigenvalue weighted by atomic mass is 9.93. The molecule has 0 bridgehead atoms. The lowest BCUT2D eigenvalue weighted by molar-refractivity contribution is -0.127. The molecule has 5 rings (SSSR count). The number of likely N-dealkylation sites (tertiary alicyclic amines) is 1. The molecule has 1 saturated carbocycles. The van der Waals surface area contributed by atoms with Gasteiger partial charge < -0.3 is 15.5 Å². The first kappa shape index (κ1) is 24.1. The summed E-state index contributed by atoms with van der Waals surface area (Å²) in [5, 5.41) is 28.4. The van der Waals surface area contributed by atoms with Crippen LogP contribution in [0.15, 0.2) is 24.0 Å².